The van der Waals surface area contributed by atoms with Crippen LogP contribution in [0.4, 0.5) is 0 Å². The van der Waals surface area contributed by atoms with Crippen molar-refractivity contribution in [2.24, 2.45) is 0 Å². The Labute approximate surface area is 153 Å². The molecule has 0 saturated carbocycles. The van der Waals surface area contributed by atoms with Crippen molar-refractivity contribution in [1.29, 1.82) is 0 Å². The minimum absolute atomic E-state index is 0.0455. The smallest absolute Gasteiger partial charge is 0.253 e. The molecule has 0 N–H and O–H groups in total. The Kier molecular flexibility index (Phi) is 5.46. The zero-order valence-electron chi connectivity index (χ0n) is 15.4. The molecule has 0 aliphatic carbocycles. The first kappa shape index (κ1) is 17.9. The monoisotopic (exact) mass is 349 g/mol. The van der Waals surface area contributed by atoms with Crippen molar-refractivity contribution in [2.75, 3.05) is 19.7 Å². The maximum atomic E-state index is 12.5. The summed E-state index contributed by atoms with van der Waals surface area (Å²) in [6, 6.07) is 15.5. The topological polar surface area (TPSA) is 55.3 Å². The molecule has 5 heteroatoms. The van der Waals surface area contributed by atoms with Gasteiger partial charge in [0.1, 0.15) is 5.69 Å². The van der Waals surface area contributed by atoms with Gasteiger partial charge in [-0.15, -0.1) is 10.2 Å². The first-order chi connectivity index (χ1) is 12.7. The Balaban J connectivity index is 2.00. The van der Waals surface area contributed by atoms with Crippen LogP contribution >= 0.6 is 0 Å². The molecule has 2 aromatic carbocycles. The largest absolute Gasteiger partial charge is 0.476 e. The number of hydrogen-bond donors (Lipinski definition) is 0. The fraction of sp³-hybridized carbons (Fsp3) is 0.286. The highest BCUT2D eigenvalue weighted by molar-refractivity contribution is 5.98. The van der Waals surface area contributed by atoms with Gasteiger partial charge in [0.05, 0.1) is 6.61 Å². The summed E-state index contributed by atoms with van der Waals surface area (Å²) in [5, 5.41) is 10.5. The molecule has 0 atom stereocenters. The van der Waals surface area contributed by atoms with E-state index in [1.807, 2.05) is 69.3 Å². The molecular formula is C21H23N3O2. The number of carbonyl (C=O) groups is 1. The fourth-order valence-electron chi connectivity index (χ4n) is 3.00. The van der Waals surface area contributed by atoms with E-state index in [1.165, 1.54) is 0 Å². The molecule has 5 nitrogen and oxygen atoms in total. The van der Waals surface area contributed by atoms with Gasteiger partial charge < -0.3 is 9.64 Å². The van der Waals surface area contributed by atoms with Gasteiger partial charge in [-0.2, -0.15) is 0 Å². The highest BCUT2D eigenvalue weighted by Crippen LogP contribution is 2.30. The minimum Gasteiger partial charge on any atom is -0.476 e. The van der Waals surface area contributed by atoms with Crippen molar-refractivity contribution >= 4 is 16.7 Å². The summed E-state index contributed by atoms with van der Waals surface area (Å²) in [5.41, 5.74) is 2.39. The Bertz CT molecular complexity index is 903. The number of amides is 1. The van der Waals surface area contributed by atoms with E-state index in [0.29, 0.717) is 31.1 Å². The lowest BCUT2D eigenvalue weighted by molar-refractivity contribution is 0.0773. The third-order valence-corrected chi connectivity index (χ3v) is 4.39. The molecule has 0 aliphatic heterocycles. The van der Waals surface area contributed by atoms with Crippen LogP contribution < -0.4 is 4.74 Å². The average molecular weight is 349 g/mol. The summed E-state index contributed by atoms with van der Waals surface area (Å²) in [5.74, 6) is 0.587. The molecule has 0 radical (unpaired) electrons. The van der Waals surface area contributed by atoms with Crippen molar-refractivity contribution < 1.29 is 9.53 Å². The number of carbonyl (C=O) groups excluding carboxylic acids is 1. The summed E-state index contributed by atoms with van der Waals surface area (Å²) < 4.78 is 5.59. The summed E-state index contributed by atoms with van der Waals surface area (Å²) in [7, 11) is 0. The van der Waals surface area contributed by atoms with Crippen molar-refractivity contribution in [3.63, 3.8) is 0 Å². The highest BCUT2D eigenvalue weighted by Gasteiger charge is 2.14. The number of rotatable bonds is 6. The molecule has 0 saturated heterocycles. The van der Waals surface area contributed by atoms with Gasteiger partial charge in [0.15, 0.2) is 0 Å². The second-order valence-corrected chi connectivity index (χ2v) is 5.89. The number of ether oxygens (including phenoxy) is 1. The number of aromatic nitrogens is 2. The minimum atomic E-state index is 0.0455. The van der Waals surface area contributed by atoms with E-state index in [2.05, 4.69) is 10.2 Å². The Hall–Kier alpha value is -2.95. The second kappa shape index (κ2) is 7.95. The quantitative estimate of drug-likeness (QED) is 0.670. The van der Waals surface area contributed by atoms with Crippen molar-refractivity contribution in [1.82, 2.24) is 15.1 Å². The van der Waals surface area contributed by atoms with Crippen LogP contribution in [-0.4, -0.2) is 40.7 Å². The number of hydrogen-bond acceptors (Lipinski definition) is 4. The number of benzene rings is 2. The highest BCUT2D eigenvalue weighted by atomic mass is 16.5. The van der Waals surface area contributed by atoms with Gasteiger partial charge in [0, 0.05) is 35.0 Å². The van der Waals surface area contributed by atoms with Crippen molar-refractivity contribution in [3.05, 3.63) is 54.1 Å². The Morgan fingerprint density at radius 2 is 1.58 bits per heavy atom. The zero-order valence-corrected chi connectivity index (χ0v) is 15.4. The van der Waals surface area contributed by atoms with E-state index >= 15 is 0 Å². The van der Waals surface area contributed by atoms with Gasteiger partial charge in [-0.25, -0.2) is 0 Å². The second-order valence-electron chi connectivity index (χ2n) is 5.89. The van der Waals surface area contributed by atoms with Gasteiger partial charge in [-0.1, -0.05) is 30.3 Å². The lowest BCUT2D eigenvalue weighted by Crippen LogP contribution is -2.30. The van der Waals surface area contributed by atoms with Gasteiger partial charge in [-0.05, 0) is 39.0 Å². The van der Waals surface area contributed by atoms with E-state index < -0.39 is 0 Å². The molecule has 0 bridgehead atoms. The van der Waals surface area contributed by atoms with Crippen LogP contribution in [0.15, 0.2) is 48.5 Å². The van der Waals surface area contributed by atoms with Crippen molar-refractivity contribution in [2.45, 2.75) is 20.8 Å². The van der Waals surface area contributed by atoms with Crippen LogP contribution in [-0.2, 0) is 0 Å². The summed E-state index contributed by atoms with van der Waals surface area (Å²) in [6.45, 7) is 7.84. The van der Waals surface area contributed by atoms with E-state index in [1.54, 1.807) is 4.90 Å². The van der Waals surface area contributed by atoms with Crippen LogP contribution in [0.25, 0.3) is 22.0 Å². The predicted octanol–water partition coefficient (Wildman–Crippen LogP) is 4.18. The maximum Gasteiger partial charge on any atom is 0.253 e. The van der Waals surface area contributed by atoms with Gasteiger partial charge in [0.2, 0.25) is 5.88 Å². The maximum absolute atomic E-state index is 12.5. The third kappa shape index (κ3) is 3.38. The van der Waals surface area contributed by atoms with Gasteiger partial charge in [-0.3, -0.25) is 4.79 Å². The summed E-state index contributed by atoms with van der Waals surface area (Å²) in [4.78, 5) is 14.3. The normalized spacial score (nSPS) is 10.7. The number of nitrogens with zero attached hydrogens (tertiary/aromatic N) is 3. The van der Waals surface area contributed by atoms with E-state index in [0.717, 1.165) is 22.0 Å². The van der Waals surface area contributed by atoms with Crippen LogP contribution in [0.1, 0.15) is 31.1 Å². The lowest BCUT2D eigenvalue weighted by atomic mass is 10.0. The van der Waals surface area contributed by atoms with Crippen LogP contribution in [0, 0.1) is 0 Å². The molecule has 3 aromatic rings. The summed E-state index contributed by atoms with van der Waals surface area (Å²) >= 11 is 0. The molecule has 0 unspecified atom stereocenters. The van der Waals surface area contributed by atoms with Crippen LogP contribution in [0.2, 0.25) is 0 Å². The molecule has 1 amide bonds. The molecule has 0 fully saturated rings. The molecule has 1 heterocycles. The van der Waals surface area contributed by atoms with Crippen molar-refractivity contribution in [3.8, 4) is 17.1 Å². The average Bonchev–Trinajstić information content (AvgIpc) is 2.69. The molecular weight excluding hydrogens is 326 g/mol. The molecule has 26 heavy (non-hydrogen) atoms. The summed E-state index contributed by atoms with van der Waals surface area (Å²) in [6.07, 6.45) is 0. The Morgan fingerprint density at radius 3 is 2.19 bits per heavy atom. The molecule has 134 valence electrons. The van der Waals surface area contributed by atoms with E-state index in [4.69, 9.17) is 4.74 Å². The van der Waals surface area contributed by atoms with Gasteiger partial charge in [0.25, 0.3) is 5.91 Å². The first-order valence-corrected chi connectivity index (χ1v) is 8.97. The fourth-order valence-corrected chi connectivity index (χ4v) is 3.00. The first-order valence-electron chi connectivity index (χ1n) is 8.97. The van der Waals surface area contributed by atoms with E-state index in [-0.39, 0.29) is 5.91 Å². The van der Waals surface area contributed by atoms with E-state index in [9.17, 15) is 4.79 Å². The third-order valence-electron chi connectivity index (χ3n) is 4.39. The standard InChI is InChI=1S/C21H23N3O2/c1-4-24(5-2)21(25)16-13-11-15(12-14-16)19-17-9-7-8-10-18(17)20(23-22-19)26-6-3/h7-14H,4-6H2,1-3H3. The molecule has 1 aromatic heterocycles. The molecule has 0 spiro atoms. The van der Waals surface area contributed by atoms with Crippen LogP contribution in [0.3, 0.4) is 0 Å². The zero-order chi connectivity index (χ0) is 18.5. The Morgan fingerprint density at radius 1 is 0.923 bits per heavy atom. The SMILES string of the molecule is CCOc1nnc(-c2ccc(C(=O)N(CC)CC)cc2)c2ccccc12. The van der Waals surface area contributed by atoms with Gasteiger partial charge >= 0.3 is 0 Å². The van der Waals surface area contributed by atoms with Crippen LogP contribution in [0.5, 0.6) is 5.88 Å². The molecule has 0 aliphatic rings. The number of fused-ring (bicyclic) bond motifs is 1. The lowest BCUT2D eigenvalue weighted by Gasteiger charge is -2.18. The predicted molar refractivity (Wildman–Crippen MR) is 103 cm³/mol. The molecule has 3 rings (SSSR count).